The molecule has 7 atom stereocenters. The van der Waals surface area contributed by atoms with Crippen molar-refractivity contribution in [2.75, 3.05) is 0 Å². The maximum absolute atomic E-state index is 13.9. The van der Waals surface area contributed by atoms with Crippen LogP contribution in [0.2, 0.25) is 0 Å². The number of imidazole rings is 1. The number of phenols is 1. The number of aliphatic hydroxyl groups excluding tert-OH is 1. The number of aliphatic carboxylic acids is 1. The summed E-state index contributed by atoms with van der Waals surface area (Å²) in [6, 6.07) is 8.50. The van der Waals surface area contributed by atoms with Crippen LogP contribution in [0.1, 0.15) is 44.0 Å². The van der Waals surface area contributed by atoms with Crippen LogP contribution in [0.4, 0.5) is 0 Å². The van der Waals surface area contributed by atoms with Crippen LogP contribution in [-0.2, 0) is 43.2 Å². The number of hydrogen-bond acceptors (Lipinski definition) is 9. The highest BCUT2D eigenvalue weighted by atomic mass is 16.4. The van der Waals surface area contributed by atoms with Gasteiger partial charge in [-0.2, -0.15) is 0 Å². The molecule has 0 fully saturated rings. The number of nitrogens with zero attached hydrogens (tertiary/aromatic N) is 1. The first-order valence-corrected chi connectivity index (χ1v) is 16.0. The number of aromatic amines is 1. The average Bonchev–Trinajstić information content (AvgIpc) is 3.59. The molecule has 15 heteroatoms. The van der Waals surface area contributed by atoms with Crippen LogP contribution in [0.5, 0.6) is 5.75 Å². The highest BCUT2D eigenvalue weighted by molar-refractivity contribution is 5.95. The summed E-state index contributed by atoms with van der Waals surface area (Å²) >= 11 is 0. The van der Waals surface area contributed by atoms with Gasteiger partial charge in [0.25, 0.3) is 0 Å². The fourth-order valence-electron chi connectivity index (χ4n) is 4.93. The summed E-state index contributed by atoms with van der Waals surface area (Å²) < 4.78 is 0. The maximum Gasteiger partial charge on any atom is 0.326 e. The lowest BCUT2D eigenvalue weighted by molar-refractivity contribution is -0.142. The monoisotopic (exact) mass is 679 g/mol. The Balaban J connectivity index is 1.89. The van der Waals surface area contributed by atoms with E-state index in [9.17, 15) is 39.3 Å². The molecule has 1 heterocycles. The number of aliphatic hydroxyl groups is 1. The third-order valence-electron chi connectivity index (χ3n) is 8.13. The molecule has 0 radical (unpaired) electrons. The van der Waals surface area contributed by atoms with Crippen LogP contribution < -0.4 is 27.0 Å². The lowest BCUT2D eigenvalue weighted by Gasteiger charge is -2.29. The van der Waals surface area contributed by atoms with Crippen LogP contribution in [0.25, 0.3) is 0 Å². The highest BCUT2D eigenvalue weighted by Crippen LogP contribution is 2.14. The molecule has 0 spiro atoms. The van der Waals surface area contributed by atoms with Crippen molar-refractivity contribution in [1.29, 1.82) is 0 Å². The fourth-order valence-corrected chi connectivity index (χ4v) is 4.93. The van der Waals surface area contributed by atoms with E-state index in [1.165, 1.54) is 31.6 Å². The van der Waals surface area contributed by atoms with E-state index >= 15 is 0 Å². The summed E-state index contributed by atoms with van der Waals surface area (Å²) in [6.07, 6.45) is 1.97. The van der Waals surface area contributed by atoms with Gasteiger partial charge >= 0.3 is 5.97 Å². The van der Waals surface area contributed by atoms with Gasteiger partial charge in [0.2, 0.25) is 23.6 Å². The van der Waals surface area contributed by atoms with E-state index in [1.807, 2.05) is 0 Å². The second kappa shape index (κ2) is 18.3. The molecule has 2 aromatic carbocycles. The number of phenolic OH excluding ortho intramolecular Hbond substituents is 1. The van der Waals surface area contributed by atoms with Crippen molar-refractivity contribution in [2.24, 2.45) is 11.7 Å². The summed E-state index contributed by atoms with van der Waals surface area (Å²) in [4.78, 5) is 72.8. The Morgan fingerprint density at radius 2 is 1.33 bits per heavy atom. The lowest BCUT2D eigenvalue weighted by atomic mass is 9.96. The average molecular weight is 680 g/mol. The number of nitrogens with two attached hydrogens (primary N) is 1. The topological polar surface area (TPSA) is 249 Å². The van der Waals surface area contributed by atoms with Crippen LogP contribution in [0.15, 0.2) is 67.1 Å². The van der Waals surface area contributed by atoms with Gasteiger partial charge in [0, 0.05) is 31.2 Å². The third-order valence-corrected chi connectivity index (χ3v) is 8.13. The van der Waals surface area contributed by atoms with E-state index in [-0.39, 0.29) is 25.0 Å². The number of amides is 4. The van der Waals surface area contributed by atoms with E-state index < -0.39 is 71.8 Å². The van der Waals surface area contributed by atoms with E-state index in [1.54, 1.807) is 56.3 Å². The molecule has 3 aromatic rings. The Bertz CT molecular complexity index is 1530. The van der Waals surface area contributed by atoms with Gasteiger partial charge in [0.05, 0.1) is 12.4 Å². The highest BCUT2D eigenvalue weighted by Gasteiger charge is 2.34. The van der Waals surface area contributed by atoms with Gasteiger partial charge < -0.3 is 47.3 Å². The number of H-pyrrole nitrogens is 1. The molecular formula is C34H45N7O8. The van der Waals surface area contributed by atoms with Gasteiger partial charge in [-0.15, -0.1) is 0 Å². The van der Waals surface area contributed by atoms with Gasteiger partial charge in [-0.1, -0.05) is 62.7 Å². The zero-order valence-electron chi connectivity index (χ0n) is 27.6. The molecule has 1 aromatic heterocycles. The SMILES string of the molecule is CC[C@H](C)[C@H](NC(=O)[C@H](Cc1ccc(O)cc1)NC(=O)[C@H](Cc1ccccc1)NC(=O)[C@@H](N)[C@@H](C)O)C(=O)N[C@@H](Cc1cnc[nH]1)C(=O)O. The molecule has 0 unspecified atom stereocenters. The van der Waals surface area contributed by atoms with Crippen molar-refractivity contribution in [3.05, 3.63) is 83.9 Å². The van der Waals surface area contributed by atoms with Crippen LogP contribution in [-0.4, -0.2) is 91.2 Å². The molecule has 0 aliphatic rings. The van der Waals surface area contributed by atoms with Crippen molar-refractivity contribution in [3.8, 4) is 5.75 Å². The van der Waals surface area contributed by atoms with E-state index in [0.717, 1.165) is 0 Å². The number of carbonyl (C=O) groups is 5. The summed E-state index contributed by atoms with van der Waals surface area (Å²) in [6.45, 7) is 4.87. The molecule has 0 aliphatic heterocycles. The van der Waals surface area contributed by atoms with Crippen LogP contribution in [0.3, 0.4) is 0 Å². The summed E-state index contributed by atoms with van der Waals surface area (Å²) in [7, 11) is 0. The molecule has 0 aliphatic carbocycles. The molecule has 0 saturated carbocycles. The van der Waals surface area contributed by atoms with E-state index in [2.05, 4.69) is 31.2 Å². The number of aromatic nitrogens is 2. The number of carboxylic acids is 1. The number of carboxylic acid groups (broad SMARTS) is 1. The minimum absolute atomic E-state index is 0.00880. The Hall–Kier alpha value is -5.28. The largest absolute Gasteiger partial charge is 0.508 e. The van der Waals surface area contributed by atoms with Crippen LogP contribution in [0, 0.1) is 5.92 Å². The second-order valence-electron chi connectivity index (χ2n) is 12.0. The molecule has 10 N–H and O–H groups in total. The van der Waals surface area contributed by atoms with Crippen molar-refractivity contribution in [3.63, 3.8) is 0 Å². The Labute approximate surface area is 284 Å². The Morgan fingerprint density at radius 3 is 1.86 bits per heavy atom. The van der Waals surface area contributed by atoms with Crippen molar-refractivity contribution in [2.45, 2.75) is 82.8 Å². The van der Waals surface area contributed by atoms with Gasteiger partial charge in [-0.05, 0) is 36.1 Å². The summed E-state index contributed by atoms with van der Waals surface area (Å²) in [5, 5.41) is 39.9. The molecule has 4 amide bonds. The lowest BCUT2D eigenvalue weighted by Crippen LogP contribution is -2.60. The van der Waals surface area contributed by atoms with Crippen LogP contribution >= 0.6 is 0 Å². The second-order valence-corrected chi connectivity index (χ2v) is 12.0. The molecule has 3 rings (SSSR count). The maximum atomic E-state index is 13.9. The molecule has 49 heavy (non-hydrogen) atoms. The number of carbonyl (C=O) groups excluding carboxylic acids is 4. The molecule has 15 nitrogen and oxygen atoms in total. The smallest absolute Gasteiger partial charge is 0.326 e. The Morgan fingerprint density at radius 1 is 0.776 bits per heavy atom. The molecular weight excluding hydrogens is 634 g/mol. The first kappa shape index (κ1) is 38.2. The van der Waals surface area contributed by atoms with Gasteiger partial charge in [0.1, 0.15) is 36.0 Å². The third kappa shape index (κ3) is 11.7. The number of nitrogens with one attached hydrogen (secondary N) is 5. The molecule has 0 saturated heterocycles. The number of benzene rings is 2. The predicted octanol–water partition coefficient (Wildman–Crippen LogP) is -0.0788. The van der Waals surface area contributed by atoms with Gasteiger partial charge in [-0.25, -0.2) is 9.78 Å². The van der Waals surface area contributed by atoms with Crippen molar-refractivity contribution < 1.29 is 39.3 Å². The zero-order chi connectivity index (χ0) is 36.1. The summed E-state index contributed by atoms with van der Waals surface area (Å²) in [5.74, 6) is -4.71. The molecule has 264 valence electrons. The van der Waals surface area contributed by atoms with Crippen molar-refractivity contribution in [1.82, 2.24) is 31.2 Å². The van der Waals surface area contributed by atoms with E-state index in [4.69, 9.17) is 5.73 Å². The standard InChI is InChI=1S/C34H45N7O8/c1-4-19(2)29(33(47)40-27(34(48)49)16-23-17-36-18-37-23)41-31(45)26(15-22-10-12-24(43)13-11-22)38-30(44)25(14-21-8-6-5-7-9-21)39-32(46)28(35)20(3)42/h5-13,17-20,25-29,42-43H,4,14-16,35H2,1-3H3,(H,36,37)(H,38,44)(H,39,46)(H,40,47)(H,41,45)(H,48,49)/t19-,20+,25-,26-,27-,28-,29-/m0/s1. The predicted molar refractivity (Wildman–Crippen MR) is 179 cm³/mol. The van der Waals surface area contributed by atoms with E-state index in [0.29, 0.717) is 23.2 Å². The first-order valence-electron chi connectivity index (χ1n) is 16.0. The first-order chi connectivity index (χ1) is 23.3. The Kier molecular flexibility index (Phi) is 14.3. The number of aromatic hydroxyl groups is 1. The number of rotatable bonds is 18. The van der Waals surface area contributed by atoms with Gasteiger partial charge in [0.15, 0.2) is 0 Å². The summed E-state index contributed by atoms with van der Waals surface area (Å²) in [5.41, 5.74) is 7.57. The number of hydrogen-bond donors (Lipinski definition) is 9. The quantitative estimate of drug-likeness (QED) is 0.0865. The minimum atomic E-state index is -1.32. The van der Waals surface area contributed by atoms with Crippen molar-refractivity contribution >= 4 is 29.6 Å². The zero-order valence-corrected chi connectivity index (χ0v) is 27.6. The fraction of sp³-hybridized carbons (Fsp3) is 0.412. The van der Waals surface area contributed by atoms with Gasteiger partial charge in [-0.3, -0.25) is 19.2 Å². The normalized spacial score (nSPS) is 15.4. The molecule has 0 bridgehead atoms. The minimum Gasteiger partial charge on any atom is -0.508 e.